The molecule has 25 nitrogen and oxygen atoms in total. The number of carboxylic acids is 2. The van der Waals surface area contributed by atoms with E-state index in [0.29, 0.717) is 82.9 Å². The molecule has 81 heavy (non-hydrogen) atoms. The van der Waals surface area contributed by atoms with E-state index in [-0.39, 0.29) is 121 Å². The van der Waals surface area contributed by atoms with E-state index < -0.39 is 78.0 Å². The third-order valence-electron chi connectivity index (χ3n) is 14.7. The number of aldehydes is 1. The van der Waals surface area contributed by atoms with Crippen molar-refractivity contribution in [1.82, 2.24) is 51.1 Å². The maximum atomic E-state index is 14.5. The molecular formula is C56H92N12O13. The van der Waals surface area contributed by atoms with Gasteiger partial charge in [-0.05, 0) is 121 Å². The quantitative estimate of drug-likeness (QED) is 0.0263. The number of carbonyl (C=O) groups is 10. The van der Waals surface area contributed by atoms with Gasteiger partial charge in [-0.2, -0.15) is 0 Å². The lowest BCUT2D eigenvalue weighted by Gasteiger charge is -2.35. The van der Waals surface area contributed by atoms with Crippen molar-refractivity contribution in [2.75, 3.05) is 85.1 Å². The second-order valence-electron chi connectivity index (χ2n) is 21.4. The van der Waals surface area contributed by atoms with Crippen molar-refractivity contribution in [3.05, 3.63) is 47.2 Å². The van der Waals surface area contributed by atoms with Gasteiger partial charge in [0.25, 0.3) is 5.91 Å². The van der Waals surface area contributed by atoms with Crippen LogP contribution in [-0.2, 0) is 49.6 Å². The van der Waals surface area contributed by atoms with E-state index in [2.05, 4.69) is 26.6 Å². The molecule has 3 rings (SSSR count). The van der Waals surface area contributed by atoms with Gasteiger partial charge >= 0.3 is 18.0 Å². The minimum atomic E-state index is -1.32. The number of benzene rings is 1. The van der Waals surface area contributed by atoms with Crippen molar-refractivity contribution in [3.63, 3.8) is 0 Å². The van der Waals surface area contributed by atoms with Crippen LogP contribution in [0.25, 0.3) is 0 Å². The Labute approximate surface area is 476 Å². The number of carbonyl (C=O) groups excluding carboxylic acids is 7. The monoisotopic (exact) mass is 1140 g/mol. The van der Waals surface area contributed by atoms with Crippen molar-refractivity contribution in [3.8, 4) is 0 Å². The van der Waals surface area contributed by atoms with Crippen LogP contribution in [0.2, 0.25) is 0 Å². The summed E-state index contributed by atoms with van der Waals surface area (Å²) in [4.78, 5) is 140. The highest BCUT2D eigenvalue weighted by Gasteiger charge is 2.37. The number of likely N-dealkylation sites (tertiary alicyclic amines) is 1. The number of nitrogens with zero attached hydrogens (tertiary/aromatic N) is 5. The highest BCUT2D eigenvalue weighted by Crippen LogP contribution is 2.21. The van der Waals surface area contributed by atoms with E-state index in [1.165, 1.54) is 11.8 Å². The summed E-state index contributed by atoms with van der Waals surface area (Å²) in [6.45, 7) is 9.78. The van der Waals surface area contributed by atoms with Gasteiger partial charge in [0.15, 0.2) is 0 Å². The fourth-order valence-electron chi connectivity index (χ4n) is 9.92. The topological polar surface area (TPSA) is 360 Å². The van der Waals surface area contributed by atoms with Crippen LogP contribution < -0.4 is 38.1 Å². The number of aliphatic carboxylic acids is 2. The van der Waals surface area contributed by atoms with Gasteiger partial charge in [0.1, 0.15) is 41.9 Å². The Morgan fingerprint density at radius 1 is 0.716 bits per heavy atom. The van der Waals surface area contributed by atoms with Crippen molar-refractivity contribution >= 4 is 59.6 Å². The second kappa shape index (κ2) is 36.9. The minimum Gasteiger partial charge on any atom is -0.480 e. The van der Waals surface area contributed by atoms with Gasteiger partial charge in [0.2, 0.25) is 23.6 Å². The van der Waals surface area contributed by atoms with Crippen LogP contribution in [0.3, 0.4) is 0 Å². The number of ketones is 1. The Morgan fingerprint density at radius 2 is 1.33 bits per heavy atom. The van der Waals surface area contributed by atoms with Gasteiger partial charge < -0.3 is 62.6 Å². The summed E-state index contributed by atoms with van der Waals surface area (Å²) in [5, 5.41) is 44.7. The average Bonchev–Trinajstić information content (AvgIpc) is 3.88. The van der Waals surface area contributed by atoms with Crippen LogP contribution in [0.5, 0.6) is 0 Å². The highest BCUT2D eigenvalue weighted by molar-refractivity contribution is 6.02. The van der Waals surface area contributed by atoms with Crippen LogP contribution in [0.1, 0.15) is 117 Å². The average molecular weight is 1140 g/mol. The molecule has 2 saturated heterocycles. The van der Waals surface area contributed by atoms with Crippen molar-refractivity contribution < 1.29 is 63.3 Å². The normalized spacial score (nSPS) is 18.2. The smallest absolute Gasteiger partial charge is 0.407 e. The Balaban J connectivity index is 1.82. The number of hydrogen-bond acceptors (Lipinski definition) is 16. The van der Waals surface area contributed by atoms with Crippen molar-refractivity contribution in [2.24, 2.45) is 17.4 Å². The molecule has 2 fully saturated rings. The van der Waals surface area contributed by atoms with Gasteiger partial charge in [-0.1, -0.05) is 51.1 Å². The van der Waals surface area contributed by atoms with E-state index in [9.17, 15) is 63.3 Å². The lowest BCUT2D eigenvalue weighted by Crippen LogP contribution is -2.58. The molecule has 1 aromatic rings. The Morgan fingerprint density at radius 3 is 1.93 bits per heavy atom. The highest BCUT2D eigenvalue weighted by atomic mass is 16.4. The lowest BCUT2D eigenvalue weighted by molar-refractivity contribution is -0.144. The van der Waals surface area contributed by atoms with Gasteiger partial charge in [-0.3, -0.25) is 58.4 Å². The summed E-state index contributed by atoms with van der Waals surface area (Å²) >= 11 is 0. The molecule has 2 heterocycles. The van der Waals surface area contributed by atoms with Crippen LogP contribution in [0, 0.1) is 5.92 Å². The predicted octanol–water partition coefficient (Wildman–Crippen LogP) is 0.700. The second-order valence-corrected chi connectivity index (χ2v) is 21.4. The standard InChI is InChI=1S/C56H92N12O13/c1-6-39(4)50(53(76)61-42(17-10-12-22-57)51(74)62-43(18-11-13-23-58)54(77)68-24-14-19-47(68)59-44(40(5)70)36-41-15-8-7-9-16-41)63-52(75)45(35-38(2)3)60-48(71)21-20-46(55(78)79)66-29-28-65(37-49(72)73)26-25-64(33-34-69)27-30-67(32-31-66)56(80)81/h7-9,15-16,34,38,42-47,59H,6,10-14,17-33,35-37,57-58H2,1-5H3,(H,60,71)(H,61,76)(H,62,74)(H,63,75)(H,72,73)(H,78,79)(H,80,81)/b50-39-/t42-,43-,44-,45-,46?,47-/m0/s1. The zero-order valence-electron chi connectivity index (χ0n) is 48.2. The summed E-state index contributed by atoms with van der Waals surface area (Å²) in [6.07, 6.45) is 2.85. The number of nitrogens with one attached hydrogen (secondary N) is 5. The van der Waals surface area contributed by atoms with Crippen LogP contribution in [0.4, 0.5) is 4.79 Å². The van der Waals surface area contributed by atoms with E-state index >= 15 is 0 Å². The molecule has 6 atom stereocenters. The molecule has 454 valence electrons. The molecule has 0 aliphatic carbocycles. The summed E-state index contributed by atoms with van der Waals surface area (Å²) in [5.74, 6) is -5.84. The first-order valence-electron chi connectivity index (χ1n) is 28.6. The summed E-state index contributed by atoms with van der Waals surface area (Å²) < 4.78 is 0. The van der Waals surface area contributed by atoms with Gasteiger partial charge in [0, 0.05) is 65.3 Å². The lowest BCUT2D eigenvalue weighted by atomic mass is 10.0. The van der Waals surface area contributed by atoms with Gasteiger partial charge in [-0.25, -0.2) is 4.79 Å². The molecule has 0 bridgehead atoms. The fraction of sp³-hybridized carbons (Fsp3) is 0.679. The molecule has 12 N–H and O–H groups in total. The first kappa shape index (κ1) is 68.9. The van der Waals surface area contributed by atoms with Gasteiger partial charge in [0.05, 0.1) is 25.3 Å². The molecule has 0 radical (unpaired) electrons. The number of allylic oxidation sites excluding steroid dienone is 1. The predicted molar refractivity (Wildman–Crippen MR) is 303 cm³/mol. The number of amides is 6. The summed E-state index contributed by atoms with van der Waals surface area (Å²) in [5.41, 5.74) is 12.9. The molecule has 0 aromatic heterocycles. The fourth-order valence-corrected chi connectivity index (χ4v) is 9.92. The number of nitrogens with two attached hydrogens (primary N) is 2. The molecule has 1 unspecified atom stereocenters. The van der Waals surface area contributed by atoms with Crippen LogP contribution in [0.15, 0.2) is 41.6 Å². The molecule has 0 spiro atoms. The molecule has 2 aliphatic rings. The van der Waals surface area contributed by atoms with Crippen LogP contribution in [-0.4, -0.2) is 221 Å². The van der Waals surface area contributed by atoms with E-state index in [1.54, 1.807) is 28.5 Å². The van der Waals surface area contributed by atoms with Gasteiger partial charge in [-0.15, -0.1) is 0 Å². The third kappa shape index (κ3) is 24.7. The third-order valence-corrected chi connectivity index (χ3v) is 14.7. The van der Waals surface area contributed by atoms with Crippen molar-refractivity contribution in [2.45, 2.75) is 154 Å². The zero-order valence-corrected chi connectivity index (χ0v) is 48.2. The SMILES string of the molecule is CC/C(C)=C(\NC(=O)[C@H](CC(C)C)NC(=O)CCC(C(=O)O)N1CCN(CC(=O)O)CCN(CC=O)CCN(C(=O)O)CC1)C(=O)N[C@@H](CCCCN)C(=O)N[C@@H](CCCCN)C(=O)N1CCC[C@H]1N[C@@H](Cc1ccccc1)C(C)=O. The number of rotatable bonds is 33. The molecule has 25 heteroatoms. The van der Waals surface area contributed by atoms with Crippen molar-refractivity contribution in [1.29, 1.82) is 0 Å². The molecule has 6 amide bonds. The Hall–Kier alpha value is -6.38. The van der Waals surface area contributed by atoms with E-state index in [0.717, 1.165) is 10.5 Å². The van der Waals surface area contributed by atoms with E-state index in [4.69, 9.17) is 11.5 Å². The Kier molecular flexibility index (Phi) is 31.4. The Bertz CT molecular complexity index is 2250. The number of Topliss-reactive ketones (excluding diaryl/α,β-unsaturated/α-hetero) is 1. The number of carboxylic acid groups (broad SMARTS) is 3. The van der Waals surface area contributed by atoms with Crippen LogP contribution >= 0.6 is 0 Å². The molecule has 0 saturated carbocycles. The first-order valence-corrected chi connectivity index (χ1v) is 28.6. The first-order chi connectivity index (χ1) is 38.6. The maximum absolute atomic E-state index is 14.5. The maximum Gasteiger partial charge on any atom is 0.407 e. The summed E-state index contributed by atoms with van der Waals surface area (Å²) in [6, 6.07) is 4.29. The zero-order chi connectivity index (χ0) is 60.0. The molecule has 1 aromatic carbocycles. The number of hydrogen-bond donors (Lipinski definition) is 10. The number of unbranched alkanes of at least 4 members (excludes halogenated alkanes) is 2. The minimum absolute atomic E-state index is 0.00143. The largest absolute Gasteiger partial charge is 0.480 e. The molecule has 2 aliphatic heterocycles. The summed E-state index contributed by atoms with van der Waals surface area (Å²) in [7, 11) is 0. The van der Waals surface area contributed by atoms with E-state index in [1.807, 2.05) is 44.2 Å². The molecular weight excluding hydrogens is 1050 g/mol.